The number of aliphatic imine (C=N–C) groups is 1. The lowest BCUT2D eigenvalue weighted by Crippen LogP contribution is -2.36. The molecular weight excluding hydrogens is 472 g/mol. The summed E-state index contributed by atoms with van der Waals surface area (Å²) in [6.07, 6.45) is 0. The first-order valence-electron chi connectivity index (χ1n) is 7.86. The maximum Gasteiger partial charge on any atom is 0.191 e. The van der Waals surface area contributed by atoms with Crippen molar-refractivity contribution in [3.63, 3.8) is 0 Å². The van der Waals surface area contributed by atoms with Crippen LogP contribution in [0, 0.1) is 5.82 Å². The van der Waals surface area contributed by atoms with Crippen LogP contribution in [0.2, 0.25) is 5.02 Å². The largest absolute Gasteiger partial charge is 0.467 e. The fraction of sp³-hybridized carbons (Fsp3) is 0.278. The van der Waals surface area contributed by atoms with E-state index in [1.54, 1.807) is 7.05 Å². The minimum absolute atomic E-state index is 0. The van der Waals surface area contributed by atoms with Crippen LogP contribution in [0.15, 0.2) is 41.4 Å². The zero-order valence-corrected chi connectivity index (χ0v) is 17.3. The molecule has 0 aromatic heterocycles. The minimum Gasteiger partial charge on any atom is -0.467 e. The Bertz CT molecular complexity index is 789. The standard InChI is InChI=1S/C18H19ClFN3O2.HI/c1-21-18(22-8-12-3-2-4-15(19)5-12)23-9-13-6-16(20)7-14-10-24-11-25-17(13)14;/h2-7H,8-11H2,1H3,(H2,21,22,23);1H. The van der Waals surface area contributed by atoms with Crippen LogP contribution < -0.4 is 15.4 Å². The molecule has 0 saturated heterocycles. The SMILES string of the molecule is CN=C(NCc1cccc(Cl)c1)NCc1cc(F)cc2c1OCOC2.I. The van der Waals surface area contributed by atoms with E-state index >= 15 is 0 Å². The third-order valence-corrected chi connectivity index (χ3v) is 4.01. The molecular formula is C18H20ClFIN3O2. The molecule has 0 radical (unpaired) electrons. The molecule has 140 valence electrons. The first kappa shape index (κ1) is 20.7. The zero-order valence-electron chi connectivity index (χ0n) is 14.2. The molecule has 3 rings (SSSR count). The molecule has 0 spiro atoms. The maximum absolute atomic E-state index is 13.8. The fourth-order valence-electron chi connectivity index (χ4n) is 2.62. The lowest BCUT2D eigenvalue weighted by atomic mass is 10.1. The summed E-state index contributed by atoms with van der Waals surface area (Å²) in [5, 5.41) is 7.05. The molecule has 1 heterocycles. The Labute approximate surface area is 174 Å². The van der Waals surface area contributed by atoms with Crippen molar-refractivity contribution in [3.05, 3.63) is 63.9 Å². The van der Waals surface area contributed by atoms with Gasteiger partial charge in [0.25, 0.3) is 0 Å². The van der Waals surface area contributed by atoms with Gasteiger partial charge in [0.1, 0.15) is 11.6 Å². The first-order chi connectivity index (χ1) is 12.2. The van der Waals surface area contributed by atoms with Crippen molar-refractivity contribution in [2.24, 2.45) is 4.99 Å². The fourth-order valence-corrected chi connectivity index (χ4v) is 2.83. The topological polar surface area (TPSA) is 54.9 Å². The highest BCUT2D eigenvalue weighted by Crippen LogP contribution is 2.29. The average Bonchev–Trinajstić information content (AvgIpc) is 2.61. The third kappa shape index (κ3) is 5.46. The molecule has 0 fully saturated rings. The Balaban J connectivity index is 0.00000243. The average molecular weight is 492 g/mol. The molecule has 0 amide bonds. The number of rotatable bonds is 4. The van der Waals surface area contributed by atoms with E-state index in [2.05, 4.69) is 15.6 Å². The smallest absolute Gasteiger partial charge is 0.191 e. The normalized spacial score (nSPS) is 13.3. The number of hydrogen-bond acceptors (Lipinski definition) is 3. The summed E-state index contributed by atoms with van der Waals surface area (Å²) in [7, 11) is 1.68. The van der Waals surface area contributed by atoms with Gasteiger partial charge in [-0.05, 0) is 29.8 Å². The van der Waals surface area contributed by atoms with E-state index in [9.17, 15) is 4.39 Å². The van der Waals surface area contributed by atoms with Gasteiger partial charge in [0.15, 0.2) is 12.8 Å². The van der Waals surface area contributed by atoms with Gasteiger partial charge in [0, 0.05) is 36.3 Å². The highest BCUT2D eigenvalue weighted by atomic mass is 127. The highest BCUT2D eigenvalue weighted by Gasteiger charge is 2.17. The van der Waals surface area contributed by atoms with Crippen molar-refractivity contribution in [2.75, 3.05) is 13.8 Å². The number of fused-ring (bicyclic) bond motifs is 1. The van der Waals surface area contributed by atoms with Crippen LogP contribution >= 0.6 is 35.6 Å². The second-order valence-electron chi connectivity index (χ2n) is 5.57. The van der Waals surface area contributed by atoms with E-state index in [-0.39, 0.29) is 36.6 Å². The highest BCUT2D eigenvalue weighted by molar-refractivity contribution is 14.0. The van der Waals surface area contributed by atoms with E-state index in [0.717, 1.165) is 11.1 Å². The van der Waals surface area contributed by atoms with Gasteiger partial charge in [0.2, 0.25) is 0 Å². The lowest BCUT2D eigenvalue weighted by molar-refractivity contribution is -0.0172. The number of guanidine groups is 1. The molecule has 1 aliphatic rings. The summed E-state index contributed by atoms with van der Waals surface area (Å²) in [5.41, 5.74) is 2.48. The molecule has 1 aliphatic heterocycles. The Morgan fingerprint density at radius 3 is 2.81 bits per heavy atom. The van der Waals surface area contributed by atoms with Gasteiger partial charge in [-0.1, -0.05) is 23.7 Å². The molecule has 0 unspecified atom stereocenters. The summed E-state index contributed by atoms with van der Waals surface area (Å²) < 4.78 is 24.5. The second kappa shape index (κ2) is 9.94. The predicted octanol–water partition coefficient (Wildman–Crippen LogP) is 3.83. The van der Waals surface area contributed by atoms with Crippen LogP contribution in [0.25, 0.3) is 0 Å². The van der Waals surface area contributed by atoms with Crippen molar-refractivity contribution in [1.29, 1.82) is 0 Å². The molecule has 2 N–H and O–H groups in total. The van der Waals surface area contributed by atoms with Crippen molar-refractivity contribution in [3.8, 4) is 5.75 Å². The van der Waals surface area contributed by atoms with E-state index in [1.807, 2.05) is 24.3 Å². The number of halogens is 3. The van der Waals surface area contributed by atoms with Crippen molar-refractivity contribution < 1.29 is 13.9 Å². The van der Waals surface area contributed by atoms with Gasteiger partial charge in [-0.15, -0.1) is 24.0 Å². The van der Waals surface area contributed by atoms with E-state index in [1.165, 1.54) is 12.1 Å². The number of ether oxygens (including phenoxy) is 2. The van der Waals surface area contributed by atoms with Gasteiger partial charge in [-0.3, -0.25) is 4.99 Å². The zero-order chi connectivity index (χ0) is 17.6. The Kier molecular flexibility index (Phi) is 7.92. The Hall–Kier alpha value is -1.58. The molecule has 2 aromatic rings. The van der Waals surface area contributed by atoms with Crippen LogP contribution in [-0.4, -0.2) is 19.8 Å². The molecule has 0 bridgehead atoms. The minimum atomic E-state index is -0.313. The van der Waals surface area contributed by atoms with Crippen LogP contribution in [0.5, 0.6) is 5.75 Å². The monoisotopic (exact) mass is 491 g/mol. The van der Waals surface area contributed by atoms with Gasteiger partial charge >= 0.3 is 0 Å². The van der Waals surface area contributed by atoms with E-state index in [4.69, 9.17) is 21.1 Å². The predicted molar refractivity (Wildman–Crippen MR) is 111 cm³/mol. The first-order valence-corrected chi connectivity index (χ1v) is 8.24. The Morgan fingerprint density at radius 1 is 1.23 bits per heavy atom. The number of nitrogens with zero attached hydrogens (tertiary/aromatic N) is 1. The van der Waals surface area contributed by atoms with Crippen molar-refractivity contribution >= 4 is 41.5 Å². The molecule has 0 saturated carbocycles. The maximum atomic E-state index is 13.8. The number of benzene rings is 2. The molecule has 26 heavy (non-hydrogen) atoms. The number of nitrogens with one attached hydrogen (secondary N) is 2. The molecule has 0 aliphatic carbocycles. The molecule has 0 atom stereocenters. The summed E-state index contributed by atoms with van der Waals surface area (Å²) in [5.74, 6) is 0.960. The Morgan fingerprint density at radius 2 is 2.04 bits per heavy atom. The molecule has 2 aromatic carbocycles. The summed E-state index contributed by atoms with van der Waals surface area (Å²) >= 11 is 5.98. The summed E-state index contributed by atoms with van der Waals surface area (Å²) in [6, 6.07) is 10.5. The van der Waals surface area contributed by atoms with Crippen LogP contribution in [-0.2, 0) is 24.4 Å². The second-order valence-corrected chi connectivity index (χ2v) is 6.01. The molecule has 5 nitrogen and oxygen atoms in total. The summed E-state index contributed by atoms with van der Waals surface area (Å²) in [6.45, 7) is 1.48. The van der Waals surface area contributed by atoms with Gasteiger partial charge in [-0.25, -0.2) is 4.39 Å². The van der Waals surface area contributed by atoms with Crippen LogP contribution in [0.3, 0.4) is 0 Å². The van der Waals surface area contributed by atoms with Crippen molar-refractivity contribution in [2.45, 2.75) is 19.7 Å². The van der Waals surface area contributed by atoms with Gasteiger partial charge in [0.05, 0.1) is 6.61 Å². The number of hydrogen-bond donors (Lipinski definition) is 2. The third-order valence-electron chi connectivity index (χ3n) is 3.77. The quantitative estimate of drug-likeness (QED) is 0.388. The van der Waals surface area contributed by atoms with Crippen LogP contribution in [0.1, 0.15) is 16.7 Å². The lowest BCUT2D eigenvalue weighted by Gasteiger charge is -2.21. The molecule has 8 heteroatoms. The van der Waals surface area contributed by atoms with E-state index < -0.39 is 0 Å². The summed E-state index contributed by atoms with van der Waals surface area (Å²) in [4.78, 5) is 4.18. The van der Waals surface area contributed by atoms with Crippen molar-refractivity contribution in [1.82, 2.24) is 10.6 Å². The van der Waals surface area contributed by atoms with Gasteiger partial charge in [-0.2, -0.15) is 0 Å². The van der Waals surface area contributed by atoms with Gasteiger partial charge < -0.3 is 20.1 Å². The van der Waals surface area contributed by atoms with E-state index in [0.29, 0.717) is 42.0 Å². The van der Waals surface area contributed by atoms with Crippen LogP contribution in [0.4, 0.5) is 4.39 Å².